The molecular weight excluding hydrogens is 318 g/mol. The minimum Gasteiger partial charge on any atom is -0.593 e. The summed E-state index contributed by atoms with van der Waals surface area (Å²) < 4.78 is 6.12. The van der Waals surface area contributed by atoms with Crippen LogP contribution in [0.2, 0.25) is 0 Å². The number of aliphatic imine (C=N–C) groups is 1. The molecule has 25 heavy (non-hydrogen) atoms. The van der Waals surface area contributed by atoms with Gasteiger partial charge in [-0.15, -0.1) is 5.01 Å². The minimum absolute atomic E-state index is 0.0346. The monoisotopic (exact) mass is 339 g/mol. The van der Waals surface area contributed by atoms with Crippen LogP contribution in [0.3, 0.4) is 0 Å². The van der Waals surface area contributed by atoms with E-state index in [0.717, 1.165) is 54.0 Å². The summed E-state index contributed by atoms with van der Waals surface area (Å²) in [5.41, 5.74) is 4.00. The van der Waals surface area contributed by atoms with Gasteiger partial charge in [-0.05, 0) is 42.6 Å². The number of hydrogen-bond donors (Lipinski definition) is 2. The van der Waals surface area contributed by atoms with E-state index in [4.69, 9.17) is 10.6 Å². The quantitative estimate of drug-likeness (QED) is 0.567. The van der Waals surface area contributed by atoms with E-state index in [2.05, 4.69) is 23.2 Å². The molecule has 2 atom stereocenters. The predicted molar refractivity (Wildman–Crippen MR) is 92.6 cm³/mol. The zero-order valence-electron chi connectivity index (χ0n) is 13.9. The van der Waals surface area contributed by atoms with Gasteiger partial charge in [0, 0.05) is 18.0 Å². The van der Waals surface area contributed by atoms with E-state index in [1.807, 2.05) is 12.2 Å². The summed E-state index contributed by atoms with van der Waals surface area (Å²) in [5, 5.41) is 21.4. The van der Waals surface area contributed by atoms with Crippen molar-refractivity contribution in [2.45, 2.75) is 25.4 Å². The molecule has 1 fully saturated rings. The molecule has 0 radical (unpaired) electrons. The molecule has 0 aromatic heterocycles. The minimum atomic E-state index is -0.407. The van der Waals surface area contributed by atoms with Gasteiger partial charge in [-0.2, -0.15) is 11.1 Å². The third kappa shape index (κ3) is 3.17. The van der Waals surface area contributed by atoms with Crippen LogP contribution in [0.15, 0.2) is 51.8 Å². The molecule has 2 aliphatic carbocycles. The van der Waals surface area contributed by atoms with Gasteiger partial charge in [0.15, 0.2) is 0 Å². The van der Waals surface area contributed by atoms with Crippen molar-refractivity contribution in [3.8, 4) is 6.07 Å². The van der Waals surface area contributed by atoms with Gasteiger partial charge in [0.05, 0.1) is 24.9 Å². The summed E-state index contributed by atoms with van der Waals surface area (Å²) in [6, 6.07) is 2.26. The number of nitrogens with two attached hydrogens (primary N) is 1. The fourth-order valence-corrected chi connectivity index (χ4v) is 3.62. The van der Waals surface area contributed by atoms with E-state index in [9.17, 15) is 10.5 Å². The van der Waals surface area contributed by atoms with Crippen molar-refractivity contribution in [3.63, 3.8) is 0 Å². The molecule has 0 spiro atoms. The second-order valence-electron chi connectivity index (χ2n) is 6.76. The first-order valence-electron chi connectivity index (χ1n) is 8.64. The maximum Gasteiger partial charge on any atom is 0.142 e. The van der Waals surface area contributed by atoms with Crippen LogP contribution in [0.1, 0.15) is 19.3 Å². The number of rotatable bonds is 4. The molecule has 4 rings (SSSR count). The second-order valence-corrected chi connectivity index (χ2v) is 6.76. The highest BCUT2D eigenvalue weighted by molar-refractivity contribution is 6.04. The molecule has 2 heterocycles. The first-order valence-corrected chi connectivity index (χ1v) is 8.64. The molecule has 0 amide bonds. The van der Waals surface area contributed by atoms with Gasteiger partial charge in [0.2, 0.25) is 0 Å². The molecule has 7 heteroatoms. The normalized spacial score (nSPS) is 27.7. The Labute approximate surface area is 146 Å². The van der Waals surface area contributed by atoms with Crippen LogP contribution in [0.4, 0.5) is 0 Å². The molecule has 0 aromatic carbocycles. The third-order valence-corrected chi connectivity index (χ3v) is 5.03. The summed E-state index contributed by atoms with van der Waals surface area (Å²) in [4.78, 5) is 4.60. The molecular formula is C18H21N5O2. The zero-order chi connectivity index (χ0) is 17.4. The van der Waals surface area contributed by atoms with Gasteiger partial charge < -0.3 is 9.94 Å². The van der Waals surface area contributed by atoms with Crippen molar-refractivity contribution in [3.05, 3.63) is 52.0 Å². The molecule has 3 N–H and O–H groups in total. The third-order valence-electron chi connectivity index (χ3n) is 5.03. The van der Waals surface area contributed by atoms with Crippen molar-refractivity contribution >= 4 is 5.71 Å². The van der Waals surface area contributed by atoms with E-state index in [1.165, 1.54) is 0 Å². The lowest BCUT2D eigenvalue weighted by Gasteiger charge is -2.41. The van der Waals surface area contributed by atoms with E-state index in [1.54, 1.807) is 5.01 Å². The lowest BCUT2D eigenvalue weighted by Crippen LogP contribution is -3.21. The number of ether oxygens (including phenoxy) is 1. The van der Waals surface area contributed by atoms with E-state index < -0.39 is 5.28 Å². The molecule has 1 saturated heterocycles. The van der Waals surface area contributed by atoms with Gasteiger partial charge >= 0.3 is 0 Å². The largest absolute Gasteiger partial charge is 0.593 e. The van der Waals surface area contributed by atoms with E-state index in [-0.39, 0.29) is 12.0 Å². The molecule has 4 aliphatic rings. The predicted octanol–water partition coefficient (Wildman–Crippen LogP) is 0.314. The van der Waals surface area contributed by atoms with Crippen molar-refractivity contribution in [2.24, 2.45) is 16.8 Å². The van der Waals surface area contributed by atoms with Gasteiger partial charge in [-0.1, -0.05) is 12.2 Å². The Morgan fingerprint density at radius 3 is 2.96 bits per heavy atom. The molecule has 130 valence electrons. The van der Waals surface area contributed by atoms with Crippen molar-refractivity contribution in [2.75, 3.05) is 19.6 Å². The molecule has 2 aliphatic heterocycles. The van der Waals surface area contributed by atoms with Crippen LogP contribution in [0.25, 0.3) is 0 Å². The Bertz CT molecular complexity index is 763. The average molecular weight is 339 g/mol. The van der Waals surface area contributed by atoms with Crippen molar-refractivity contribution in [1.29, 1.82) is 5.26 Å². The smallest absolute Gasteiger partial charge is 0.142 e. The maximum absolute atomic E-state index is 11.1. The summed E-state index contributed by atoms with van der Waals surface area (Å²) in [7, 11) is 0. The fourth-order valence-electron chi connectivity index (χ4n) is 3.62. The van der Waals surface area contributed by atoms with Crippen LogP contribution in [-0.2, 0) is 4.74 Å². The van der Waals surface area contributed by atoms with Crippen LogP contribution in [0, 0.1) is 22.5 Å². The highest BCUT2D eigenvalue weighted by atomic mass is 16.6. The van der Waals surface area contributed by atoms with Gasteiger partial charge in [-0.3, -0.25) is 4.99 Å². The van der Waals surface area contributed by atoms with Crippen LogP contribution in [0.5, 0.6) is 0 Å². The van der Waals surface area contributed by atoms with E-state index >= 15 is 0 Å². The topological polar surface area (TPSA) is 102 Å². The number of nitrogens with one attached hydrogen (secondary N) is 1. The Balaban J connectivity index is 1.54. The number of nitriles is 1. The first kappa shape index (κ1) is 16.2. The summed E-state index contributed by atoms with van der Waals surface area (Å²) in [6.07, 6.45) is 11.1. The van der Waals surface area contributed by atoms with Crippen LogP contribution >= 0.6 is 0 Å². The first-order chi connectivity index (χ1) is 12.1. The van der Waals surface area contributed by atoms with Gasteiger partial charge in [-0.25, -0.2) is 5.28 Å². The number of nitrogens with zero attached hydrogens (tertiary/aromatic N) is 3. The summed E-state index contributed by atoms with van der Waals surface area (Å²) in [5.74, 6) is 6.33. The maximum atomic E-state index is 11.1. The summed E-state index contributed by atoms with van der Waals surface area (Å²) >= 11 is 0. The molecule has 0 saturated carbocycles. The van der Waals surface area contributed by atoms with Crippen molar-refractivity contribution in [1.82, 2.24) is 5.01 Å². The Morgan fingerprint density at radius 1 is 1.36 bits per heavy atom. The number of quaternary nitrogens is 1. The standard InChI is InChI=1S/C18H21N5O2/c19-9-12-2-1-3-13(6-12)15-7-14-4-5-21-18(14)17(8-15)25-16-10-22(11-16)23(20)24/h3,6-8,14,16,23H,1-2,4-5,10-11,20H2. The van der Waals surface area contributed by atoms with E-state index in [0.29, 0.717) is 13.1 Å². The Hall–Kier alpha value is -2.24. The summed E-state index contributed by atoms with van der Waals surface area (Å²) in [6.45, 7) is 1.84. The Kier molecular flexibility index (Phi) is 4.27. The van der Waals surface area contributed by atoms with Crippen LogP contribution < -0.4 is 11.1 Å². The zero-order valence-corrected chi connectivity index (χ0v) is 13.9. The molecule has 2 unspecified atom stereocenters. The number of fused-ring (bicyclic) bond motifs is 1. The Morgan fingerprint density at radius 2 is 2.20 bits per heavy atom. The molecule has 0 bridgehead atoms. The molecule has 0 aromatic rings. The second kappa shape index (κ2) is 6.58. The van der Waals surface area contributed by atoms with Gasteiger partial charge in [0.25, 0.3) is 0 Å². The fraction of sp³-hybridized carbons (Fsp3) is 0.444. The van der Waals surface area contributed by atoms with Crippen molar-refractivity contribution < 1.29 is 10.0 Å². The SMILES string of the molecule is N#CC1=CC(C2=CC3CCN=C3C(OC3CN([NH+](N)[O-])C3)=C2)=CCC1. The lowest BCUT2D eigenvalue weighted by molar-refractivity contribution is -0.992. The average Bonchev–Trinajstić information content (AvgIpc) is 3.06. The molecule has 7 nitrogen and oxygen atoms in total. The highest BCUT2D eigenvalue weighted by Crippen LogP contribution is 2.34. The number of allylic oxidation sites excluding steroid dienone is 8. The van der Waals surface area contributed by atoms with Gasteiger partial charge in [0.1, 0.15) is 11.9 Å². The number of hydrogen-bond acceptors (Lipinski definition) is 6. The highest BCUT2D eigenvalue weighted by Gasteiger charge is 2.36. The lowest BCUT2D eigenvalue weighted by atomic mass is 9.86. The van der Waals surface area contributed by atoms with Crippen LogP contribution in [-0.4, -0.2) is 36.5 Å².